The van der Waals surface area contributed by atoms with Crippen molar-refractivity contribution in [1.82, 2.24) is 10.2 Å². The number of hydrogen-bond donors (Lipinski definition) is 2. The summed E-state index contributed by atoms with van der Waals surface area (Å²) < 4.78 is 0. The van der Waals surface area contributed by atoms with Crippen molar-refractivity contribution in [2.75, 3.05) is 19.6 Å². The molecule has 2 atom stereocenters. The monoisotopic (exact) mass is 225 g/mol. The van der Waals surface area contributed by atoms with Crippen molar-refractivity contribution in [3.63, 3.8) is 0 Å². The fraction of sp³-hybridized carbons (Fsp3) is 0.917. The summed E-state index contributed by atoms with van der Waals surface area (Å²) in [7, 11) is 0. The Balaban J connectivity index is 2.14. The Labute approximate surface area is 97.6 Å². The summed E-state index contributed by atoms with van der Waals surface area (Å²) in [6.45, 7) is 7.25. The third kappa shape index (κ3) is 2.09. The largest absolute Gasteiger partial charge is 0.368 e. The molecule has 2 aliphatic rings. The third-order valence-corrected chi connectivity index (χ3v) is 4.21. The highest BCUT2D eigenvalue weighted by Gasteiger charge is 2.42. The first-order valence-corrected chi connectivity index (χ1v) is 6.28. The van der Waals surface area contributed by atoms with Gasteiger partial charge in [-0.1, -0.05) is 20.3 Å². The van der Waals surface area contributed by atoms with Gasteiger partial charge in [-0.3, -0.25) is 9.69 Å². The molecule has 0 aromatic heterocycles. The van der Waals surface area contributed by atoms with E-state index in [1.54, 1.807) is 0 Å². The molecule has 1 saturated carbocycles. The van der Waals surface area contributed by atoms with Gasteiger partial charge in [0.05, 0.1) is 0 Å². The highest BCUT2D eigenvalue weighted by Crippen LogP contribution is 2.41. The first kappa shape index (κ1) is 11.9. The molecule has 2 rings (SSSR count). The zero-order valence-corrected chi connectivity index (χ0v) is 10.3. The zero-order chi connectivity index (χ0) is 11.8. The number of nitrogens with zero attached hydrogens (tertiary/aromatic N) is 1. The minimum atomic E-state index is -0.185. The molecule has 2 unspecified atom stereocenters. The number of carbonyl (C=O) groups is 1. The SMILES string of the molecule is CC1(C)CCCC1N1CCNCC1C(N)=O. The van der Waals surface area contributed by atoms with Gasteiger partial charge in [-0.05, 0) is 18.3 Å². The highest BCUT2D eigenvalue weighted by molar-refractivity contribution is 5.80. The maximum Gasteiger partial charge on any atom is 0.236 e. The van der Waals surface area contributed by atoms with Crippen LogP contribution in [0.5, 0.6) is 0 Å². The van der Waals surface area contributed by atoms with Gasteiger partial charge < -0.3 is 11.1 Å². The van der Waals surface area contributed by atoms with Crippen LogP contribution >= 0.6 is 0 Å². The molecule has 4 heteroatoms. The number of carbonyl (C=O) groups excluding carboxylic acids is 1. The van der Waals surface area contributed by atoms with Crippen molar-refractivity contribution in [1.29, 1.82) is 0 Å². The average molecular weight is 225 g/mol. The van der Waals surface area contributed by atoms with Crippen molar-refractivity contribution in [3.8, 4) is 0 Å². The van der Waals surface area contributed by atoms with Gasteiger partial charge in [0.25, 0.3) is 0 Å². The summed E-state index contributed by atoms with van der Waals surface area (Å²) >= 11 is 0. The van der Waals surface area contributed by atoms with Crippen molar-refractivity contribution < 1.29 is 4.79 Å². The minimum Gasteiger partial charge on any atom is -0.368 e. The molecule has 1 amide bonds. The second kappa shape index (κ2) is 4.34. The summed E-state index contributed by atoms with van der Waals surface area (Å²) in [4.78, 5) is 13.8. The summed E-state index contributed by atoms with van der Waals surface area (Å²) in [5.74, 6) is -0.185. The van der Waals surface area contributed by atoms with E-state index in [1.807, 2.05) is 0 Å². The fourth-order valence-corrected chi connectivity index (χ4v) is 3.28. The van der Waals surface area contributed by atoms with Crippen LogP contribution in [-0.2, 0) is 4.79 Å². The Bertz CT molecular complexity index is 277. The topological polar surface area (TPSA) is 58.4 Å². The molecule has 0 bridgehead atoms. The number of nitrogens with two attached hydrogens (primary N) is 1. The van der Waals surface area contributed by atoms with Crippen LogP contribution in [0.25, 0.3) is 0 Å². The first-order chi connectivity index (χ1) is 7.52. The number of rotatable bonds is 2. The molecule has 3 N–H and O–H groups in total. The molecule has 1 aliphatic heterocycles. The van der Waals surface area contributed by atoms with E-state index in [4.69, 9.17) is 5.73 Å². The van der Waals surface area contributed by atoms with Gasteiger partial charge in [-0.15, -0.1) is 0 Å². The van der Waals surface area contributed by atoms with E-state index in [2.05, 4.69) is 24.1 Å². The lowest BCUT2D eigenvalue weighted by molar-refractivity contribution is -0.125. The number of primary amides is 1. The van der Waals surface area contributed by atoms with Crippen molar-refractivity contribution in [3.05, 3.63) is 0 Å². The maximum atomic E-state index is 11.5. The Morgan fingerprint density at radius 1 is 1.50 bits per heavy atom. The normalized spacial score (nSPS) is 35.1. The van der Waals surface area contributed by atoms with E-state index in [0.29, 0.717) is 18.0 Å². The maximum absolute atomic E-state index is 11.5. The van der Waals surface area contributed by atoms with Crippen LogP contribution in [0.4, 0.5) is 0 Å². The highest BCUT2D eigenvalue weighted by atomic mass is 16.1. The van der Waals surface area contributed by atoms with E-state index in [1.165, 1.54) is 19.3 Å². The summed E-state index contributed by atoms with van der Waals surface area (Å²) in [5.41, 5.74) is 5.82. The summed E-state index contributed by atoms with van der Waals surface area (Å²) in [5, 5.41) is 3.25. The van der Waals surface area contributed by atoms with Crippen LogP contribution in [0, 0.1) is 5.41 Å². The average Bonchev–Trinajstić information content (AvgIpc) is 2.58. The zero-order valence-electron chi connectivity index (χ0n) is 10.3. The number of hydrogen-bond acceptors (Lipinski definition) is 3. The molecule has 1 aliphatic carbocycles. The third-order valence-electron chi connectivity index (χ3n) is 4.21. The van der Waals surface area contributed by atoms with Crippen LogP contribution in [0.3, 0.4) is 0 Å². The molecule has 0 aromatic rings. The summed E-state index contributed by atoms with van der Waals surface area (Å²) in [6, 6.07) is 0.406. The molecular formula is C12H23N3O. The van der Waals surface area contributed by atoms with Crippen LogP contribution in [0.1, 0.15) is 33.1 Å². The van der Waals surface area contributed by atoms with Gasteiger partial charge in [-0.25, -0.2) is 0 Å². The molecule has 0 spiro atoms. The molecular weight excluding hydrogens is 202 g/mol. The fourth-order valence-electron chi connectivity index (χ4n) is 3.28. The molecule has 4 nitrogen and oxygen atoms in total. The smallest absolute Gasteiger partial charge is 0.236 e. The van der Waals surface area contributed by atoms with Crippen LogP contribution in [0.15, 0.2) is 0 Å². The van der Waals surface area contributed by atoms with Crippen LogP contribution < -0.4 is 11.1 Å². The standard InChI is InChI=1S/C12H23N3O/c1-12(2)5-3-4-10(12)15-7-6-14-8-9(15)11(13)16/h9-10,14H,3-8H2,1-2H3,(H2,13,16). The molecule has 1 heterocycles. The van der Waals surface area contributed by atoms with Crippen LogP contribution in [-0.4, -0.2) is 42.5 Å². The second-order valence-electron chi connectivity index (χ2n) is 5.76. The molecule has 92 valence electrons. The molecule has 0 aromatic carbocycles. The van der Waals surface area contributed by atoms with Gasteiger partial charge in [0.15, 0.2) is 0 Å². The number of nitrogens with one attached hydrogen (secondary N) is 1. The molecule has 16 heavy (non-hydrogen) atoms. The van der Waals surface area contributed by atoms with E-state index >= 15 is 0 Å². The predicted octanol–water partition coefficient (Wildman–Crippen LogP) is 0.324. The quantitative estimate of drug-likeness (QED) is 0.712. The molecule has 1 saturated heterocycles. The lowest BCUT2D eigenvalue weighted by Crippen LogP contribution is -2.61. The Morgan fingerprint density at radius 2 is 2.25 bits per heavy atom. The molecule has 0 radical (unpaired) electrons. The molecule has 2 fully saturated rings. The second-order valence-corrected chi connectivity index (χ2v) is 5.76. The Hall–Kier alpha value is -0.610. The van der Waals surface area contributed by atoms with Gasteiger partial charge in [0.2, 0.25) is 5.91 Å². The van der Waals surface area contributed by atoms with E-state index in [9.17, 15) is 4.79 Å². The van der Waals surface area contributed by atoms with Crippen molar-refractivity contribution in [2.45, 2.75) is 45.2 Å². The van der Waals surface area contributed by atoms with Gasteiger partial charge in [0.1, 0.15) is 6.04 Å². The van der Waals surface area contributed by atoms with Crippen LogP contribution in [0.2, 0.25) is 0 Å². The Kier molecular flexibility index (Phi) is 3.22. The van der Waals surface area contributed by atoms with E-state index in [-0.39, 0.29) is 11.9 Å². The van der Waals surface area contributed by atoms with Gasteiger partial charge >= 0.3 is 0 Å². The number of piperazine rings is 1. The lowest BCUT2D eigenvalue weighted by Gasteiger charge is -2.43. The first-order valence-electron chi connectivity index (χ1n) is 6.28. The lowest BCUT2D eigenvalue weighted by atomic mass is 9.85. The van der Waals surface area contributed by atoms with Crippen molar-refractivity contribution in [2.24, 2.45) is 11.1 Å². The predicted molar refractivity (Wildman–Crippen MR) is 64.0 cm³/mol. The van der Waals surface area contributed by atoms with E-state index < -0.39 is 0 Å². The van der Waals surface area contributed by atoms with Crippen molar-refractivity contribution >= 4 is 5.91 Å². The number of amides is 1. The van der Waals surface area contributed by atoms with Gasteiger partial charge in [0, 0.05) is 25.7 Å². The van der Waals surface area contributed by atoms with E-state index in [0.717, 1.165) is 13.1 Å². The van der Waals surface area contributed by atoms with Gasteiger partial charge in [-0.2, -0.15) is 0 Å². The minimum absolute atomic E-state index is 0.115. The Morgan fingerprint density at radius 3 is 2.81 bits per heavy atom. The summed E-state index contributed by atoms with van der Waals surface area (Å²) in [6.07, 6.45) is 3.73.